The van der Waals surface area contributed by atoms with E-state index in [2.05, 4.69) is 0 Å². The van der Waals surface area contributed by atoms with E-state index >= 15 is 0 Å². The molecule has 1 fully saturated rings. The Morgan fingerprint density at radius 1 is 1.33 bits per heavy atom. The molecule has 0 saturated heterocycles. The van der Waals surface area contributed by atoms with Crippen molar-refractivity contribution in [3.8, 4) is 0 Å². The number of carbonyl (C=O) groups is 2. The predicted molar refractivity (Wildman–Crippen MR) is 54.2 cm³/mol. The van der Waals surface area contributed by atoms with Gasteiger partial charge in [0.05, 0.1) is 17.9 Å². The first-order valence-electron chi connectivity index (χ1n) is 5.35. The van der Waals surface area contributed by atoms with E-state index in [-0.39, 0.29) is 23.9 Å². The van der Waals surface area contributed by atoms with Crippen LogP contribution in [0.25, 0.3) is 0 Å². The molecule has 0 spiro atoms. The lowest BCUT2D eigenvalue weighted by molar-refractivity contribution is -0.152. The summed E-state index contributed by atoms with van der Waals surface area (Å²) in [6.45, 7) is 5.47. The van der Waals surface area contributed by atoms with Gasteiger partial charge in [0, 0.05) is 0 Å². The van der Waals surface area contributed by atoms with Gasteiger partial charge >= 0.3 is 11.9 Å². The fourth-order valence-corrected chi connectivity index (χ4v) is 2.11. The maximum absolute atomic E-state index is 11.6. The minimum absolute atomic E-state index is 0.0622. The third-order valence-electron chi connectivity index (χ3n) is 2.88. The summed E-state index contributed by atoms with van der Waals surface area (Å²) in [5.74, 6) is -1.62. The van der Waals surface area contributed by atoms with Crippen molar-refractivity contribution in [2.45, 2.75) is 39.7 Å². The zero-order chi connectivity index (χ0) is 11.6. The number of carboxylic acid groups (broad SMARTS) is 1. The monoisotopic (exact) mass is 214 g/mol. The van der Waals surface area contributed by atoms with Gasteiger partial charge in [-0.15, -0.1) is 0 Å². The standard InChI is InChI=1S/C11H18O4/c1-6(2)15-11(14)8-4-7(3)9(5-8)10(12)13/h6-9H,4-5H2,1-3H3,(H,12,13). The zero-order valence-electron chi connectivity index (χ0n) is 9.40. The third kappa shape index (κ3) is 2.94. The van der Waals surface area contributed by atoms with Gasteiger partial charge < -0.3 is 9.84 Å². The van der Waals surface area contributed by atoms with Crippen LogP contribution in [0.4, 0.5) is 0 Å². The van der Waals surface area contributed by atoms with Crippen molar-refractivity contribution in [3.63, 3.8) is 0 Å². The molecule has 1 N–H and O–H groups in total. The van der Waals surface area contributed by atoms with Gasteiger partial charge in [0.2, 0.25) is 0 Å². The van der Waals surface area contributed by atoms with Crippen molar-refractivity contribution in [2.75, 3.05) is 0 Å². The maximum atomic E-state index is 11.6. The Kier molecular flexibility index (Phi) is 3.72. The summed E-state index contributed by atoms with van der Waals surface area (Å²) in [6, 6.07) is 0. The van der Waals surface area contributed by atoms with Gasteiger partial charge in [-0.25, -0.2) is 0 Å². The molecule has 1 aliphatic carbocycles. The van der Waals surface area contributed by atoms with E-state index in [4.69, 9.17) is 9.84 Å². The summed E-state index contributed by atoms with van der Waals surface area (Å²) < 4.78 is 5.08. The Morgan fingerprint density at radius 2 is 1.93 bits per heavy atom. The number of carboxylic acids is 1. The molecule has 0 aromatic carbocycles. The normalized spacial score (nSPS) is 30.5. The molecule has 0 aromatic heterocycles. The van der Waals surface area contributed by atoms with Gasteiger partial charge in [-0.1, -0.05) is 6.92 Å². The van der Waals surface area contributed by atoms with Crippen molar-refractivity contribution >= 4 is 11.9 Å². The minimum Gasteiger partial charge on any atom is -0.481 e. The van der Waals surface area contributed by atoms with Crippen LogP contribution in [0.3, 0.4) is 0 Å². The van der Waals surface area contributed by atoms with Crippen LogP contribution in [0.15, 0.2) is 0 Å². The highest BCUT2D eigenvalue weighted by molar-refractivity contribution is 5.76. The van der Waals surface area contributed by atoms with Crippen LogP contribution in [0, 0.1) is 17.8 Å². The molecule has 0 aromatic rings. The molecule has 3 atom stereocenters. The Bertz CT molecular complexity index is 259. The molecular formula is C11H18O4. The van der Waals surface area contributed by atoms with E-state index in [1.807, 2.05) is 6.92 Å². The van der Waals surface area contributed by atoms with Crippen LogP contribution in [0.5, 0.6) is 0 Å². The number of aliphatic carboxylic acids is 1. The van der Waals surface area contributed by atoms with Gasteiger partial charge in [-0.05, 0) is 32.6 Å². The smallest absolute Gasteiger partial charge is 0.309 e. The molecule has 86 valence electrons. The SMILES string of the molecule is CC(C)OC(=O)C1CC(C)C(C(=O)O)C1. The molecule has 0 amide bonds. The van der Waals surface area contributed by atoms with Crippen LogP contribution in [-0.4, -0.2) is 23.1 Å². The fourth-order valence-electron chi connectivity index (χ4n) is 2.11. The number of ether oxygens (including phenoxy) is 1. The number of hydrogen-bond donors (Lipinski definition) is 1. The molecule has 4 nitrogen and oxygen atoms in total. The zero-order valence-corrected chi connectivity index (χ0v) is 9.40. The van der Waals surface area contributed by atoms with E-state index in [0.717, 1.165) is 0 Å². The first kappa shape index (κ1) is 12.0. The van der Waals surface area contributed by atoms with Gasteiger partial charge in [0.1, 0.15) is 0 Å². The fraction of sp³-hybridized carbons (Fsp3) is 0.818. The van der Waals surface area contributed by atoms with Crippen LogP contribution in [0.1, 0.15) is 33.6 Å². The third-order valence-corrected chi connectivity index (χ3v) is 2.88. The highest BCUT2D eigenvalue weighted by Crippen LogP contribution is 2.37. The number of carbonyl (C=O) groups excluding carboxylic acids is 1. The average Bonchev–Trinajstić information content (AvgIpc) is 2.46. The average molecular weight is 214 g/mol. The molecule has 0 bridgehead atoms. The summed E-state index contributed by atoms with van der Waals surface area (Å²) in [5.41, 5.74) is 0. The maximum Gasteiger partial charge on any atom is 0.309 e. The second-order valence-electron chi connectivity index (χ2n) is 4.58. The van der Waals surface area contributed by atoms with Crippen molar-refractivity contribution in [1.29, 1.82) is 0 Å². The molecule has 4 heteroatoms. The quantitative estimate of drug-likeness (QED) is 0.726. The lowest BCUT2D eigenvalue weighted by Crippen LogP contribution is -2.20. The highest BCUT2D eigenvalue weighted by atomic mass is 16.5. The van der Waals surface area contributed by atoms with Crippen LogP contribution in [-0.2, 0) is 14.3 Å². The summed E-state index contributed by atoms with van der Waals surface area (Å²) in [5, 5.41) is 8.91. The van der Waals surface area contributed by atoms with Crippen molar-refractivity contribution in [3.05, 3.63) is 0 Å². The highest BCUT2D eigenvalue weighted by Gasteiger charge is 2.40. The van der Waals surface area contributed by atoms with Gasteiger partial charge in [-0.2, -0.15) is 0 Å². The lowest BCUT2D eigenvalue weighted by atomic mass is 9.99. The predicted octanol–water partition coefficient (Wildman–Crippen LogP) is 1.68. The van der Waals surface area contributed by atoms with Crippen LogP contribution >= 0.6 is 0 Å². The van der Waals surface area contributed by atoms with Crippen molar-refractivity contribution < 1.29 is 19.4 Å². The topological polar surface area (TPSA) is 63.6 Å². The summed E-state index contributed by atoms with van der Waals surface area (Å²) in [4.78, 5) is 22.4. The largest absolute Gasteiger partial charge is 0.481 e. The Hall–Kier alpha value is -1.06. The Balaban J connectivity index is 2.54. The van der Waals surface area contributed by atoms with Crippen LogP contribution in [0.2, 0.25) is 0 Å². The molecule has 3 unspecified atom stereocenters. The Labute approximate surface area is 89.6 Å². The molecule has 0 radical (unpaired) electrons. The molecule has 1 aliphatic rings. The molecular weight excluding hydrogens is 196 g/mol. The lowest BCUT2D eigenvalue weighted by Gasteiger charge is -2.12. The van der Waals surface area contributed by atoms with Gasteiger partial charge in [-0.3, -0.25) is 9.59 Å². The second-order valence-corrected chi connectivity index (χ2v) is 4.58. The molecule has 15 heavy (non-hydrogen) atoms. The van der Waals surface area contributed by atoms with E-state index in [9.17, 15) is 9.59 Å². The Morgan fingerprint density at radius 3 is 2.33 bits per heavy atom. The van der Waals surface area contributed by atoms with Crippen LogP contribution < -0.4 is 0 Å². The van der Waals surface area contributed by atoms with Crippen molar-refractivity contribution in [1.82, 2.24) is 0 Å². The molecule has 1 saturated carbocycles. The number of esters is 1. The van der Waals surface area contributed by atoms with E-state index in [0.29, 0.717) is 12.8 Å². The second kappa shape index (κ2) is 4.64. The van der Waals surface area contributed by atoms with Gasteiger partial charge in [0.15, 0.2) is 0 Å². The van der Waals surface area contributed by atoms with E-state index < -0.39 is 11.9 Å². The van der Waals surface area contributed by atoms with E-state index in [1.165, 1.54) is 0 Å². The first-order valence-corrected chi connectivity index (χ1v) is 5.35. The van der Waals surface area contributed by atoms with Gasteiger partial charge in [0.25, 0.3) is 0 Å². The minimum atomic E-state index is -0.803. The summed E-state index contributed by atoms with van der Waals surface area (Å²) >= 11 is 0. The number of hydrogen-bond acceptors (Lipinski definition) is 3. The first-order chi connectivity index (χ1) is 6.91. The summed E-state index contributed by atoms with van der Waals surface area (Å²) in [7, 11) is 0. The summed E-state index contributed by atoms with van der Waals surface area (Å²) in [6.07, 6.45) is 0.918. The molecule has 1 rings (SSSR count). The van der Waals surface area contributed by atoms with E-state index in [1.54, 1.807) is 13.8 Å². The number of rotatable bonds is 3. The molecule has 0 aliphatic heterocycles. The van der Waals surface area contributed by atoms with Crippen molar-refractivity contribution in [2.24, 2.45) is 17.8 Å². The molecule has 0 heterocycles.